The first-order valence-electron chi connectivity index (χ1n) is 5.78. The molecule has 0 saturated heterocycles. The minimum Gasteiger partial charge on any atom is -0.508 e. The van der Waals surface area contributed by atoms with Crippen molar-refractivity contribution in [3.63, 3.8) is 0 Å². The van der Waals surface area contributed by atoms with Crippen LogP contribution < -0.4 is 5.32 Å². The van der Waals surface area contributed by atoms with E-state index in [1.165, 1.54) is 26.2 Å². The highest BCUT2D eigenvalue weighted by Crippen LogP contribution is 2.11. The van der Waals surface area contributed by atoms with Crippen LogP contribution >= 0.6 is 0 Å². The quantitative estimate of drug-likeness (QED) is 0.699. The highest BCUT2D eigenvalue weighted by Gasteiger charge is 2.23. The Morgan fingerprint density at radius 1 is 1.32 bits per heavy atom. The summed E-state index contributed by atoms with van der Waals surface area (Å²) in [6.07, 6.45) is -0.570. The number of phenolic OH excluding ortho intramolecular Hbond substituents is 1. The van der Waals surface area contributed by atoms with E-state index >= 15 is 0 Å². The van der Waals surface area contributed by atoms with E-state index in [-0.39, 0.29) is 12.2 Å². The maximum Gasteiger partial charge on any atom is 0.326 e. The van der Waals surface area contributed by atoms with Crippen LogP contribution in [0.1, 0.15) is 12.5 Å². The predicted molar refractivity (Wildman–Crippen MR) is 67.8 cm³/mol. The molecule has 6 nitrogen and oxygen atoms in total. The molecule has 1 aromatic carbocycles. The molecule has 1 unspecified atom stereocenters. The van der Waals surface area contributed by atoms with Crippen LogP contribution in [0, 0.1) is 0 Å². The van der Waals surface area contributed by atoms with Crippen molar-refractivity contribution in [1.29, 1.82) is 0 Å². The molecule has 104 valence electrons. The van der Waals surface area contributed by atoms with Crippen LogP contribution in [0.5, 0.6) is 5.75 Å². The summed E-state index contributed by atoms with van der Waals surface area (Å²) in [6.45, 7) is 1.54. The van der Waals surface area contributed by atoms with Gasteiger partial charge in [-0.15, -0.1) is 0 Å². The van der Waals surface area contributed by atoms with Crippen LogP contribution in [0.3, 0.4) is 0 Å². The first kappa shape index (κ1) is 15.0. The maximum atomic E-state index is 11.6. The largest absolute Gasteiger partial charge is 0.508 e. The van der Waals surface area contributed by atoms with Crippen LogP contribution in [0.15, 0.2) is 24.3 Å². The molecule has 0 aliphatic rings. The first-order chi connectivity index (χ1) is 8.93. The van der Waals surface area contributed by atoms with Gasteiger partial charge in [0.05, 0.1) is 0 Å². The average Bonchev–Trinajstić information content (AvgIpc) is 2.39. The number of benzene rings is 1. The number of ether oxygens (including phenoxy) is 1. The van der Waals surface area contributed by atoms with Crippen molar-refractivity contribution in [3.8, 4) is 5.75 Å². The van der Waals surface area contributed by atoms with Gasteiger partial charge < -0.3 is 20.3 Å². The normalized spacial score (nSPS) is 13.6. The average molecular weight is 267 g/mol. The molecule has 6 heteroatoms. The fourth-order valence-corrected chi connectivity index (χ4v) is 1.46. The van der Waals surface area contributed by atoms with Crippen LogP contribution in [0.25, 0.3) is 0 Å². The third-order valence-electron chi connectivity index (χ3n) is 2.71. The number of amides is 1. The van der Waals surface area contributed by atoms with Crippen molar-refractivity contribution in [2.75, 3.05) is 7.11 Å². The maximum absolute atomic E-state index is 11.6. The summed E-state index contributed by atoms with van der Waals surface area (Å²) in [7, 11) is 1.37. The fraction of sp³-hybridized carbons (Fsp3) is 0.385. The lowest BCUT2D eigenvalue weighted by atomic mass is 10.1. The summed E-state index contributed by atoms with van der Waals surface area (Å²) >= 11 is 0. The minimum absolute atomic E-state index is 0.104. The summed E-state index contributed by atoms with van der Waals surface area (Å²) in [6, 6.07) is 5.12. The number of aliphatic carboxylic acids is 1. The predicted octanol–water partition coefficient (Wildman–Crippen LogP) is 0.539. The van der Waals surface area contributed by atoms with Crippen molar-refractivity contribution >= 4 is 11.9 Å². The van der Waals surface area contributed by atoms with Crippen LogP contribution in [0.2, 0.25) is 0 Å². The number of aromatic hydroxyl groups is 1. The molecule has 1 aromatic rings. The number of carboxylic acid groups (broad SMARTS) is 1. The molecule has 0 aliphatic carbocycles. The molecule has 0 aromatic heterocycles. The Kier molecular flexibility index (Phi) is 5.32. The lowest BCUT2D eigenvalue weighted by Gasteiger charge is -2.17. The molecular formula is C13H17NO5. The highest BCUT2D eigenvalue weighted by molar-refractivity contribution is 5.86. The van der Waals surface area contributed by atoms with Gasteiger partial charge in [0.2, 0.25) is 5.91 Å². The molecular weight excluding hydrogens is 250 g/mol. The van der Waals surface area contributed by atoms with Gasteiger partial charge in [-0.25, -0.2) is 4.79 Å². The topological polar surface area (TPSA) is 95.9 Å². The number of carbonyl (C=O) groups excluding carboxylic acids is 1. The Bertz CT molecular complexity index is 443. The second kappa shape index (κ2) is 6.75. The van der Waals surface area contributed by atoms with Gasteiger partial charge >= 0.3 is 5.97 Å². The fourth-order valence-electron chi connectivity index (χ4n) is 1.46. The summed E-state index contributed by atoms with van der Waals surface area (Å²) in [5.74, 6) is -1.49. The van der Waals surface area contributed by atoms with E-state index in [4.69, 9.17) is 14.9 Å². The molecule has 0 fully saturated rings. The number of hydrogen-bond acceptors (Lipinski definition) is 4. The van der Waals surface area contributed by atoms with Gasteiger partial charge in [-0.05, 0) is 24.6 Å². The second-order valence-corrected chi connectivity index (χ2v) is 4.15. The number of rotatable bonds is 6. The Balaban J connectivity index is 2.71. The lowest BCUT2D eigenvalue weighted by molar-refractivity contribution is -0.143. The molecule has 3 N–H and O–H groups in total. The molecule has 19 heavy (non-hydrogen) atoms. The smallest absolute Gasteiger partial charge is 0.326 e. The monoisotopic (exact) mass is 267 g/mol. The number of carboxylic acids is 1. The number of carbonyl (C=O) groups is 2. The van der Waals surface area contributed by atoms with Crippen LogP contribution in [-0.2, 0) is 20.7 Å². The molecule has 1 rings (SSSR count). The second-order valence-electron chi connectivity index (χ2n) is 4.15. The third-order valence-corrected chi connectivity index (χ3v) is 2.71. The number of methoxy groups -OCH3 is 1. The standard InChI is InChI=1S/C13H17NO5/c1-8(19-2)12(16)14-11(13(17)18)7-9-3-5-10(15)6-4-9/h3-6,8,11,15H,7H2,1-2H3,(H,14,16)(H,17,18)/t8?,11-/m1/s1. The lowest BCUT2D eigenvalue weighted by Crippen LogP contribution is -2.46. The van der Waals surface area contributed by atoms with Crippen molar-refractivity contribution in [3.05, 3.63) is 29.8 Å². The summed E-state index contributed by atoms with van der Waals surface area (Å²) in [5.41, 5.74) is 0.704. The van der Waals surface area contributed by atoms with Crippen LogP contribution in [-0.4, -0.2) is 41.3 Å². The SMILES string of the molecule is COC(C)C(=O)N[C@H](Cc1ccc(O)cc1)C(=O)O. The Morgan fingerprint density at radius 2 is 1.89 bits per heavy atom. The van der Waals surface area contributed by atoms with Crippen molar-refractivity contribution in [1.82, 2.24) is 5.32 Å². The first-order valence-corrected chi connectivity index (χ1v) is 5.78. The summed E-state index contributed by atoms with van der Waals surface area (Å²) in [5, 5.41) is 20.6. The zero-order valence-corrected chi connectivity index (χ0v) is 10.8. The van der Waals surface area contributed by atoms with Gasteiger partial charge in [0.1, 0.15) is 17.9 Å². The Labute approximate surface area is 111 Å². The molecule has 0 spiro atoms. The molecule has 2 atom stereocenters. The van der Waals surface area contributed by atoms with Crippen LogP contribution in [0.4, 0.5) is 0 Å². The van der Waals surface area contributed by atoms with Gasteiger partial charge in [0.25, 0.3) is 0 Å². The molecule has 0 heterocycles. The van der Waals surface area contributed by atoms with E-state index in [0.29, 0.717) is 5.56 Å². The van der Waals surface area contributed by atoms with Crippen molar-refractivity contribution in [2.24, 2.45) is 0 Å². The zero-order chi connectivity index (χ0) is 14.4. The highest BCUT2D eigenvalue weighted by atomic mass is 16.5. The van der Waals surface area contributed by atoms with E-state index in [9.17, 15) is 9.59 Å². The van der Waals surface area contributed by atoms with Gasteiger partial charge in [-0.2, -0.15) is 0 Å². The zero-order valence-electron chi connectivity index (χ0n) is 10.8. The molecule has 0 saturated carbocycles. The van der Waals surface area contributed by atoms with Crippen molar-refractivity contribution in [2.45, 2.75) is 25.5 Å². The Morgan fingerprint density at radius 3 is 2.37 bits per heavy atom. The summed E-state index contributed by atoms with van der Waals surface area (Å²) < 4.78 is 4.82. The number of nitrogens with one attached hydrogen (secondary N) is 1. The van der Waals surface area contributed by atoms with E-state index in [1.807, 2.05) is 0 Å². The van der Waals surface area contributed by atoms with Gasteiger partial charge in [0.15, 0.2) is 0 Å². The van der Waals surface area contributed by atoms with E-state index in [1.54, 1.807) is 12.1 Å². The Hall–Kier alpha value is -2.08. The van der Waals surface area contributed by atoms with Crippen molar-refractivity contribution < 1.29 is 24.5 Å². The number of phenols is 1. The van der Waals surface area contributed by atoms with Gasteiger partial charge in [-0.1, -0.05) is 12.1 Å². The number of hydrogen-bond donors (Lipinski definition) is 3. The van der Waals surface area contributed by atoms with Gasteiger partial charge in [-0.3, -0.25) is 4.79 Å². The summed E-state index contributed by atoms with van der Waals surface area (Å²) in [4.78, 5) is 22.7. The molecule has 1 amide bonds. The molecule has 0 aliphatic heterocycles. The van der Waals surface area contributed by atoms with Gasteiger partial charge in [0, 0.05) is 13.5 Å². The molecule has 0 radical (unpaired) electrons. The van der Waals surface area contributed by atoms with E-state index in [2.05, 4.69) is 5.32 Å². The van der Waals surface area contributed by atoms with E-state index in [0.717, 1.165) is 0 Å². The minimum atomic E-state index is -1.12. The third kappa shape index (κ3) is 4.59. The molecule has 0 bridgehead atoms. The van der Waals surface area contributed by atoms with E-state index < -0.39 is 24.0 Å².